The zero-order valence-electron chi connectivity index (χ0n) is 10.4. The SMILES string of the molecule is CN(CC(=O)c1ccccc1Cl)c1ccc(F)cc1. The molecule has 2 nitrogen and oxygen atoms in total. The number of ketones is 1. The first-order chi connectivity index (χ1) is 9.08. The largest absolute Gasteiger partial charge is 0.367 e. The van der Waals surface area contributed by atoms with Gasteiger partial charge in [0.2, 0.25) is 0 Å². The van der Waals surface area contributed by atoms with E-state index in [1.807, 2.05) is 0 Å². The van der Waals surface area contributed by atoms with Crippen LogP contribution in [-0.4, -0.2) is 19.4 Å². The summed E-state index contributed by atoms with van der Waals surface area (Å²) < 4.78 is 12.8. The molecule has 0 aliphatic rings. The van der Waals surface area contributed by atoms with Gasteiger partial charge in [-0.2, -0.15) is 0 Å². The number of Topliss-reactive ketones (excluding diaryl/α,β-unsaturated/α-hetero) is 1. The van der Waals surface area contributed by atoms with Crippen molar-refractivity contribution in [3.05, 3.63) is 64.9 Å². The van der Waals surface area contributed by atoms with E-state index in [1.54, 1.807) is 48.3 Å². The highest BCUT2D eigenvalue weighted by molar-refractivity contribution is 6.34. The summed E-state index contributed by atoms with van der Waals surface area (Å²) in [7, 11) is 1.78. The molecule has 4 heteroatoms. The molecule has 2 aromatic rings. The van der Waals surface area contributed by atoms with Gasteiger partial charge >= 0.3 is 0 Å². The van der Waals surface area contributed by atoms with E-state index in [9.17, 15) is 9.18 Å². The molecule has 0 fully saturated rings. The van der Waals surface area contributed by atoms with Crippen molar-refractivity contribution in [3.8, 4) is 0 Å². The van der Waals surface area contributed by atoms with Gasteiger partial charge in [-0.15, -0.1) is 0 Å². The molecule has 0 radical (unpaired) electrons. The van der Waals surface area contributed by atoms with Crippen LogP contribution in [0.3, 0.4) is 0 Å². The molecule has 0 unspecified atom stereocenters. The number of rotatable bonds is 4. The summed E-state index contributed by atoms with van der Waals surface area (Å²) in [4.78, 5) is 13.9. The van der Waals surface area contributed by atoms with E-state index in [-0.39, 0.29) is 18.1 Å². The molecule has 0 aliphatic carbocycles. The number of likely N-dealkylation sites (N-methyl/N-ethyl adjacent to an activating group) is 1. The Labute approximate surface area is 116 Å². The molecule has 0 atom stereocenters. The van der Waals surface area contributed by atoms with Crippen molar-refractivity contribution in [2.24, 2.45) is 0 Å². The van der Waals surface area contributed by atoms with Gasteiger partial charge in [-0.25, -0.2) is 4.39 Å². The maximum absolute atomic E-state index is 12.8. The summed E-state index contributed by atoms with van der Waals surface area (Å²) in [5.74, 6) is -0.369. The van der Waals surface area contributed by atoms with Crippen molar-refractivity contribution < 1.29 is 9.18 Å². The van der Waals surface area contributed by atoms with E-state index in [1.165, 1.54) is 12.1 Å². The van der Waals surface area contributed by atoms with Crippen LogP contribution < -0.4 is 4.90 Å². The lowest BCUT2D eigenvalue weighted by Crippen LogP contribution is -2.25. The quantitative estimate of drug-likeness (QED) is 0.793. The van der Waals surface area contributed by atoms with Crippen molar-refractivity contribution in [2.75, 3.05) is 18.5 Å². The minimum absolute atomic E-state index is 0.0718. The Balaban J connectivity index is 2.11. The van der Waals surface area contributed by atoms with E-state index in [2.05, 4.69) is 0 Å². The summed E-state index contributed by atoms with van der Waals surface area (Å²) in [6.45, 7) is 0.190. The van der Waals surface area contributed by atoms with Gasteiger partial charge in [-0.3, -0.25) is 4.79 Å². The normalized spacial score (nSPS) is 10.3. The first-order valence-electron chi connectivity index (χ1n) is 5.82. The minimum atomic E-state index is -0.297. The Morgan fingerprint density at radius 1 is 1.16 bits per heavy atom. The number of hydrogen-bond donors (Lipinski definition) is 0. The van der Waals surface area contributed by atoms with Crippen LogP contribution in [0.2, 0.25) is 5.02 Å². The average Bonchev–Trinajstić information content (AvgIpc) is 2.39. The highest BCUT2D eigenvalue weighted by atomic mass is 35.5. The van der Waals surface area contributed by atoms with Gasteiger partial charge in [0.1, 0.15) is 5.82 Å². The molecular formula is C15H13ClFNO. The number of carbonyl (C=O) groups excluding carboxylic acids is 1. The van der Waals surface area contributed by atoms with Crippen molar-refractivity contribution in [1.29, 1.82) is 0 Å². The molecule has 19 heavy (non-hydrogen) atoms. The monoisotopic (exact) mass is 277 g/mol. The van der Waals surface area contributed by atoms with Crippen LogP contribution in [0.4, 0.5) is 10.1 Å². The molecule has 0 saturated carbocycles. The lowest BCUT2D eigenvalue weighted by molar-refractivity contribution is 0.100. The van der Waals surface area contributed by atoms with Crippen molar-refractivity contribution in [1.82, 2.24) is 0 Å². The zero-order valence-corrected chi connectivity index (χ0v) is 11.2. The van der Waals surface area contributed by atoms with E-state index >= 15 is 0 Å². The van der Waals surface area contributed by atoms with E-state index in [0.29, 0.717) is 10.6 Å². The van der Waals surface area contributed by atoms with Gasteiger partial charge in [-0.1, -0.05) is 23.7 Å². The molecule has 2 aromatic carbocycles. The van der Waals surface area contributed by atoms with Crippen molar-refractivity contribution in [3.63, 3.8) is 0 Å². The molecule has 0 amide bonds. The number of halogens is 2. The number of nitrogens with zero attached hydrogens (tertiary/aromatic N) is 1. The van der Waals surface area contributed by atoms with Crippen LogP contribution in [-0.2, 0) is 0 Å². The third kappa shape index (κ3) is 3.32. The van der Waals surface area contributed by atoms with Crippen LogP contribution in [0, 0.1) is 5.82 Å². The Bertz CT molecular complexity index is 583. The topological polar surface area (TPSA) is 20.3 Å². The van der Waals surface area contributed by atoms with Crippen LogP contribution in [0.25, 0.3) is 0 Å². The van der Waals surface area contributed by atoms with Gasteiger partial charge in [0, 0.05) is 18.3 Å². The summed E-state index contributed by atoms with van der Waals surface area (Å²) in [5.41, 5.74) is 1.28. The molecule has 0 aliphatic heterocycles. The predicted octanol–water partition coefficient (Wildman–Crippen LogP) is 3.80. The first-order valence-corrected chi connectivity index (χ1v) is 6.20. The lowest BCUT2D eigenvalue weighted by Gasteiger charge is -2.18. The first kappa shape index (κ1) is 13.6. The van der Waals surface area contributed by atoms with Gasteiger partial charge in [-0.05, 0) is 36.4 Å². The van der Waals surface area contributed by atoms with Crippen LogP contribution in [0.5, 0.6) is 0 Å². The molecule has 0 N–H and O–H groups in total. The van der Waals surface area contributed by atoms with Crippen molar-refractivity contribution in [2.45, 2.75) is 0 Å². The van der Waals surface area contributed by atoms with Crippen LogP contribution >= 0.6 is 11.6 Å². The average molecular weight is 278 g/mol. The number of carbonyl (C=O) groups is 1. The third-order valence-corrected chi connectivity index (χ3v) is 3.15. The molecule has 0 bridgehead atoms. The maximum atomic E-state index is 12.8. The van der Waals surface area contributed by atoms with Crippen molar-refractivity contribution >= 4 is 23.1 Å². The highest BCUT2D eigenvalue weighted by Crippen LogP contribution is 2.18. The number of benzene rings is 2. The second-order valence-corrected chi connectivity index (χ2v) is 4.64. The molecular weight excluding hydrogens is 265 g/mol. The fourth-order valence-corrected chi connectivity index (χ4v) is 2.02. The Morgan fingerprint density at radius 3 is 2.42 bits per heavy atom. The summed E-state index contributed by atoms with van der Waals surface area (Å²) in [6.07, 6.45) is 0. The highest BCUT2D eigenvalue weighted by Gasteiger charge is 2.12. The summed E-state index contributed by atoms with van der Waals surface area (Å²) in [5, 5.41) is 0.444. The third-order valence-electron chi connectivity index (χ3n) is 2.82. The summed E-state index contributed by atoms with van der Waals surface area (Å²) >= 11 is 5.98. The summed E-state index contributed by atoms with van der Waals surface area (Å²) in [6, 6.07) is 12.9. The van der Waals surface area contributed by atoms with Crippen LogP contribution in [0.15, 0.2) is 48.5 Å². The molecule has 0 heterocycles. The van der Waals surface area contributed by atoms with Gasteiger partial charge < -0.3 is 4.90 Å². The van der Waals surface area contributed by atoms with E-state index in [4.69, 9.17) is 11.6 Å². The smallest absolute Gasteiger partial charge is 0.183 e. The number of anilines is 1. The second kappa shape index (κ2) is 5.85. The maximum Gasteiger partial charge on any atom is 0.183 e. The predicted molar refractivity (Wildman–Crippen MR) is 75.5 cm³/mol. The van der Waals surface area contributed by atoms with E-state index in [0.717, 1.165) is 5.69 Å². The fourth-order valence-electron chi connectivity index (χ4n) is 1.77. The Kier molecular flexibility index (Phi) is 4.17. The molecule has 2 rings (SSSR count). The van der Waals surface area contributed by atoms with Gasteiger partial charge in [0.05, 0.1) is 11.6 Å². The Morgan fingerprint density at radius 2 is 1.79 bits per heavy atom. The zero-order chi connectivity index (χ0) is 13.8. The second-order valence-electron chi connectivity index (χ2n) is 4.24. The van der Waals surface area contributed by atoms with E-state index < -0.39 is 0 Å². The molecule has 0 aromatic heterocycles. The van der Waals surface area contributed by atoms with Crippen LogP contribution in [0.1, 0.15) is 10.4 Å². The fraction of sp³-hybridized carbons (Fsp3) is 0.133. The lowest BCUT2D eigenvalue weighted by atomic mass is 10.1. The molecule has 0 saturated heterocycles. The van der Waals surface area contributed by atoms with Gasteiger partial charge in [0.25, 0.3) is 0 Å². The standard InChI is InChI=1S/C15H13ClFNO/c1-18(12-8-6-11(17)7-9-12)10-15(19)13-4-2-3-5-14(13)16/h2-9H,10H2,1H3. The number of hydrogen-bond acceptors (Lipinski definition) is 2. The van der Waals surface area contributed by atoms with Gasteiger partial charge in [0.15, 0.2) is 5.78 Å². The molecule has 98 valence electrons. The molecule has 0 spiro atoms. The Hall–Kier alpha value is -1.87. The minimum Gasteiger partial charge on any atom is -0.367 e.